The van der Waals surface area contributed by atoms with Crippen LogP contribution in [0, 0.1) is 5.82 Å². The van der Waals surface area contributed by atoms with E-state index < -0.39 is 5.54 Å². The van der Waals surface area contributed by atoms with Crippen LogP contribution in [0.15, 0.2) is 24.3 Å². The van der Waals surface area contributed by atoms with Crippen molar-refractivity contribution >= 4 is 0 Å². The van der Waals surface area contributed by atoms with E-state index in [9.17, 15) is 4.39 Å². The molecule has 0 saturated carbocycles. The summed E-state index contributed by atoms with van der Waals surface area (Å²) in [7, 11) is 0. The van der Waals surface area contributed by atoms with Gasteiger partial charge in [0.15, 0.2) is 0 Å². The van der Waals surface area contributed by atoms with Crippen molar-refractivity contribution in [1.29, 1.82) is 0 Å². The zero-order chi connectivity index (χ0) is 12.2. The van der Waals surface area contributed by atoms with Gasteiger partial charge in [-0.2, -0.15) is 0 Å². The van der Waals surface area contributed by atoms with Gasteiger partial charge in [-0.3, -0.25) is 0 Å². The van der Waals surface area contributed by atoms with Gasteiger partial charge in [-0.1, -0.05) is 12.1 Å². The largest absolute Gasteiger partial charge is 0.379 e. The number of halogens is 1. The fourth-order valence-electron chi connectivity index (χ4n) is 1.49. The molecule has 0 heterocycles. The summed E-state index contributed by atoms with van der Waals surface area (Å²) >= 11 is 0. The summed E-state index contributed by atoms with van der Waals surface area (Å²) in [5.74, 6) is -0.251. The van der Waals surface area contributed by atoms with Gasteiger partial charge < -0.3 is 10.5 Å². The van der Waals surface area contributed by atoms with E-state index in [0.717, 1.165) is 5.56 Å². The van der Waals surface area contributed by atoms with Crippen LogP contribution < -0.4 is 5.73 Å². The van der Waals surface area contributed by atoms with Crippen molar-refractivity contribution < 1.29 is 9.13 Å². The lowest BCUT2D eigenvalue weighted by atomic mass is 9.90. The molecule has 3 heteroatoms. The summed E-state index contributed by atoms with van der Waals surface area (Å²) in [6.07, 6.45) is 0.873. The molecule has 2 nitrogen and oxygen atoms in total. The van der Waals surface area contributed by atoms with Crippen molar-refractivity contribution in [2.45, 2.75) is 38.8 Å². The highest BCUT2D eigenvalue weighted by Crippen LogP contribution is 2.22. The first kappa shape index (κ1) is 13.1. The normalized spacial score (nSPS) is 15.1. The zero-order valence-electron chi connectivity index (χ0n) is 10.2. The van der Waals surface area contributed by atoms with E-state index in [1.54, 1.807) is 6.07 Å². The van der Waals surface area contributed by atoms with Gasteiger partial charge in [-0.15, -0.1) is 0 Å². The third-order valence-corrected chi connectivity index (χ3v) is 2.56. The molecule has 16 heavy (non-hydrogen) atoms. The molecule has 0 aromatic heterocycles. The van der Waals surface area contributed by atoms with E-state index in [1.165, 1.54) is 12.1 Å². The van der Waals surface area contributed by atoms with Crippen LogP contribution in [0.3, 0.4) is 0 Å². The summed E-state index contributed by atoms with van der Waals surface area (Å²) in [6, 6.07) is 6.43. The number of benzene rings is 1. The van der Waals surface area contributed by atoms with Crippen molar-refractivity contribution in [1.82, 2.24) is 0 Å². The summed E-state index contributed by atoms with van der Waals surface area (Å²) in [4.78, 5) is 0. The SMILES string of the molecule is CC(C)OCCC(C)(N)c1cccc(F)c1. The molecule has 1 aromatic carbocycles. The lowest BCUT2D eigenvalue weighted by Gasteiger charge is -2.25. The lowest BCUT2D eigenvalue weighted by molar-refractivity contribution is 0.0660. The third-order valence-electron chi connectivity index (χ3n) is 2.56. The summed E-state index contributed by atoms with van der Waals surface area (Å²) in [5.41, 5.74) is 6.41. The Morgan fingerprint density at radius 1 is 1.44 bits per heavy atom. The number of hydrogen-bond acceptors (Lipinski definition) is 2. The molecule has 0 aliphatic rings. The fourth-order valence-corrected chi connectivity index (χ4v) is 1.49. The second kappa shape index (κ2) is 5.41. The van der Waals surface area contributed by atoms with Crippen LogP contribution >= 0.6 is 0 Å². The topological polar surface area (TPSA) is 35.2 Å². The van der Waals surface area contributed by atoms with E-state index in [0.29, 0.717) is 13.0 Å². The molecule has 0 bridgehead atoms. The molecule has 0 fully saturated rings. The minimum absolute atomic E-state index is 0.198. The Balaban J connectivity index is 2.62. The summed E-state index contributed by atoms with van der Waals surface area (Å²) in [6.45, 7) is 6.44. The average molecular weight is 225 g/mol. The quantitative estimate of drug-likeness (QED) is 0.836. The lowest BCUT2D eigenvalue weighted by Crippen LogP contribution is -2.34. The van der Waals surface area contributed by atoms with Crippen LogP contribution in [0.25, 0.3) is 0 Å². The Kier molecular flexibility index (Phi) is 4.44. The standard InChI is InChI=1S/C13H20FNO/c1-10(2)16-8-7-13(3,15)11-5-4-6-12(14)9-11/h4-6,9-10H,7-8,15H2,1-3H3. The van der Waals surface area contributed by atoms with Gasteiger partial charge in [-0.05, 0) is 44.9 Å². The molecule has 0 saturated heterocycles. The van der Waals surface area contributed by atoms with E-state index in [1.807, 2.05) is 26.8 Å². The first-order chi connectivity index (χ1) is 7.42. The highest BCUT2D eigenvalue weighted by atomic mass is 19.1. The number of rotatable bonds is 5. The van der Waals surface area contributed by atoms with Gasteiger partial charge in [0, 0.05) is 12.1 Å². The van der Waals surface area contributed by atoms with Crippen LogP contribution in [0.5, 0.6) is 0 Å². The minimum atomic E-state index is -0.545. The van der Waals surface area contributed by atoms with E-state index in [2.05, 4.69) is 0 Å². The molecule has 1 aromatic rings. The second-order valence-corrected chi connectivity index (χ2v) is 4.60. The van der Waals surface area contributed by atoms with Gasteiger partial charge in [0.05, 0.1) is 6.10 Å². The van der Waals surface area contributed by atoms with E-state index in [4.69, 9.17) is 10.5 Å². The smallest absolute Gasteiger partial charge is 0.123 e. The maximum absolute atomic E-state index is 13.1. The van der Waals surface area contributed by atoms with Crippen LogP contribution in [-0.4, -0.2) is 12.7 Å². The fraction of sp³-hybridized carbons (Fsp3) is 0.538. The van der Waals surface area contributed by atoms with Crippen LogP contribution in [0.1, 0.15) is 32.8 Å². The van der Waals surface area contributed by atoms with Crippen LogP contribution in [0.2, 0.25) is 0 Å². The average Bonchev–Trinajstić information content (AvgIpc) is 2.16. The Hall–Kier alpha value is -0.930. The maximum atomic E-state index is 13.1. The zero-order valence-corrected chi connectivity index (χ0v) is 10.2. The van der Waals surface area contributed by atoms with Crippen molar-refractivity contribution in [3.05, 3.63) is 35.6 Å². The Morgan fingerprint density at radius 2 is 2.12 bits per heavy atom. The van der Waals surface area contributed by atoms with Crippen molar-refractivity contribution in [2.24, 2.45) is 5.73 Å². The van der Waals surface area contributed by atoms with Crippen molar-refractivity contribution in [3.8, 4) is 0 Å². The van der Waals surface area contributed by atoms with Gasteiger partial charge in [0.2, 0.25) is 0 Å². The van der Waals surface area contributed by atoms with E-state index in [-0.39, 0.29) is 11.9 Å². The highest BCUT2D eigenvalue weighted by Gasteiger charge is 2.21. The molecule has 1 atom stereocenters. The summed E-state index contributed by atoms with van der Waals surface area (Å²) < 4.78 is 18.5. The maximum Gasteiger partial charge on any atom is 0.123 e. The molecule has 0 aliphatic carbocycles. The third kappa shape index (κ3) is 3.91. The van der Waals surface area contributed by atoms with Gasteiger partial charge >= 0.3 is 0 Å². The molecular weight excluding hydrogens is 205 g/mol. The minimum Gasteiger partial charge on any atom is -0.379 e. The van der Waals surface area contributed by atoms with E-state index >= 15 is 0 Å². The highest BCUT2D eigenvalue weighted by molar-refractivity contribution is 5.23. The molecule has 0 spiro atoms. The molecule has 1 rings (SSSR count). The number of nitrogens with two attached hydrogens (primary N) is 1. The van der Waals surface area contributed by atoms with Gasteiger partial charge in [0.1, 0.15) is 5.82 Å². The van der Waals surface area contributed by atoms with Crippen LogP contribution in [-0.2, 0) is 10.3 Å². The monoisotopic (exact) mass is 225 g/mol. The Bertz CT molecular complexity index is 336. The first-order valence-corrected chi connectivity index (χ1v) is 5.58. The molecule has 0 aliphatic heterocycles. The first-order valence-electron chi connectivity index (χ1n) is 5.58. The Labute approximate surface area is 96.6 Å². The Morgan fingerprint density at radius 3 is 2.69 bits per heavy atom. The van der Waals surface area contributed by atoms with Gasteiger partial charge in [0.25, 0.3) is 0 Å². The molecular formula is C13H20FNO. The van der Waals surface area contributed by atoms with Crippen molar-refractivity contribution in [2.75, 3.05) is 6.61 Å². The van der Waals surface area contributed by atoms with Crippen LogP contribution in [0.4, 0.5) is 4.39 Å². The molecule has 2 N–H and O–H groups in total. The molecule has 1 unspecified atom stereocenters. The predicted molar refractivity (Wildman–Crippen MR) is 63.6 cm³/mol. The number of hydrogen-bond donors (Lipinski definition) is 1. The summed E-state index contributed by atoms with van der Waals surface area (Å²) in [5, 5.41) is 0. The second-order valence-electron chi connectivity index (χ2n) is 4.60. The van der Waals surface area contributed by atoms with Gasteiger partial charge in [-0.25, -0.2) is 4.39 Å². The molecule has 0 amide bonds. The van der Waals surface area contributed by atoms with Crippen molar-refractivity contribution in [3.63, 3.8) is 0 Å². The number of ether oxygens (including phenoxy) is 1. The molecule has 90 valence electrons. The predicted octanol–water partition coefficient (Wildman–Crippen LogP) is 2.81. The molecule has 0 radical (unpaired) electrons.